The molecule has 3 aliphatic rings. The van der Waals surface area contributed by atoms with Gasteiger partial charge in [-0.2, -0.15) is 0 Å². The Hall–Kier alpha value is -7.84. The summed E-state index contributed by atoms with van der Waals surface area (Å²) in [5.74, 6) is -1.73. The summed E-state index contributed by atoms with van der Waals surface area (Å²) in [6, 6.07) is 39.5. The number of carbonyl (C=O) groups is 4. The van der Waals surface area contributed by atoms with Crippen molar-refractivity contribution in [3.8, 4) is 55.6 Å². The van der Waals surface area contributed by atoms with Crippen molar-refractivity contribution < 1.29 is 38.1 Å². The first-order chi connectivity index (χ1) is 35.5. The molecule has 2 unspecified atom stereocenters. The fraction of sp³-hybridized carbons (Fsp3) is 0.284. The van der Waals surface area contributed by atoms with E-state index in [4.69, 9.17) is 18.9 Å². The van der Waals surface area contributed by atoms with Crippen LogP contribution in [0.25, 0.3) is 55.6 Å². The van der Waals surface area contributed by atoms with Gasteiger partial charge in [-0.15, -0.1) is 0 Å². The van der Waals surface area contributed by atoms with E-state index < -0.39 is 29.4 Å². The Labute approximate surface area is 441 Å². The molecule has 0 aromatic heterocycles. The van der Waals surface area contributed by atoms with Gasteiger partial charge in [0.2, 0.25) is 0 Å². The topological polar surface area (TPSA) is 105 Å². The molecular weight excluding hydrogens is 933 g/mol. The molecule has 0 amide bonds. The molecule has 0 N–H and O–H groups in total. The molecule has 382 valence electrons. The van der Waals surface area contributed by atoms with E-state index in [0.717, 1.165) is 72.3 Å². The average molecular weight is 999 g/mol. The van der Waals surface area contributed by atoms with Gasteiger partial charge in [0.1, 0.15) is 12.7 Å². The molecule has 0 saturated heterocycles. The number of esters is 4. The van der Waals surface area contributed by atoms with E-state index in [9.17, 15) is 19.2 Å². The Morgan fingerprint density at radius 1 is 0.453 bits per heavy atom. The van der Waals surface area contributed by atoms with Crippen molar-refractivity contribution in [3.05, 3.63) is 202 Å². The molecular formula is C67H66O8. The van der Waals surface area contributed by atoms with Gasteiger partial charge in [-0.3, -0.25) is 0 Å². The summed E-state index contributed by atoms with van der Waals surface area (Å²) < 4.78 is 23.1. The number of fused-ring (bicyclic) bond motifs is 9. The number of hydrogen-bond donors (Lipinski definition) is 0. The number of hydrogen-bond acceptors (Lipinski definition) is 8. The molecule has 3 aliphatic carbocycles. The zero-order valence-electron chi connectivity index (χ0n) is 44.8. The molecule has 9 rings (SSSR count). The molecule has 8 heteroatoms. The van der Waals surface area contributed by atoms with Gasteiger partial charge < -0.3 is 18.9 Å². The second kappa shape index (κ2) is 19.8. The van der Waals surface area contributed by atoms with Gasteiger partial charge in [-0.05, 0) is 172 Å². The minimum absolute atomic E-state index is 0.0380. The van der Waals surface area contributed by atoms with Crippen LogP contribution in [0.4, 0.5) is 0 Å². The van der Waals surface area contributed by atoms with E-state index in [-0.39, 0.29) is 36.6 Å². The molecule has 6 aromatic rings. The van der Waals surface area contributed by atoms with Crippen LogP contribution in [0.5, 0.6) is 0 Å². The minimum atomic E-state index is -0.842. The van der Waals surface area contributed by atoms with E-state index in [0.29, 0.717) is 41.6 Å². The highest BCUT2D eigenvalue weighted by atomic mass is 16.5. The predicted molar refractivity (Wildman–Crippen MR) is 298 cm³/mol. The lowest BCUT2D eigenvalue weighted by Crippen LogP contribution is -2.33. The largest absolute Gasteiger partial charge is 0.462 e. The van der Waals surface area contributed by atoms with Crippen molar-refractivity contribution in [1.29, 1.82) is 0 Å². The first-order valence-corrected chi connectivity index (χ1v) is 25.8. The van der Waals surface area contributed by atoms with Gasteiger partial charge in [0.15, 0.2) is 0 Å². The van der Waals surface area contributed by atoms with Crippen molar-refractivity contribution in [2.75, 3.05) is 19.8 Å². The summed E-state index contributed by atoms with van der Waals surface area (Å²) in [4.78, 5) is 50.7. The lowest BCUT2D eigenvalue weighted by atomic mass is 9.74. The first-order valence-electron chi connectivity index (χ1n) is 25.8. The summed E-state index contributed by atoms with van der Waals surface area (Å²) in [6.07, 6.45) is 1.14. The minimum Gasteiger partial charge on any atom is -0.462 e. The van der Waals surface area contributed by atoms with Crippen molar-refractivity contribution >= 4 is 23.9 Å². The van der Waals surface area contributed by atoms with E-state index >= 15 is 0 Å². The second-order valence-corrected chi connectivity index (χ2v) is 21.9. The van der Waals surface area contributed by atoms with Crippen LogP contribution in [0.2, 0.25) is 0 Å². The molecule has 0 radical (unpaired) electrons. The summed E-state index contributed by atoms with van der Waals surface area (Å²) in [5.41, 5.74) is 19.6. The van der Waals surface area contributed by atoms with Crippen LogP contribution < -0.4 is 0 Å². The molecule has 0 spiro atoms. The fourth-order valence-electron chi connectivity index (χ4n) is 11.3. The summed E-state index contributed by atoms with van der Waals surface area (Å²) >= 11 is 0. The monoisotopic (exact) mass is 998 g/mol. The molecule has 0 heterocycles. The van der Waals surface area contributed by atoms with Crippen LogP contribution in [0, 0.1) is 0 Å². The van der Waals surface area contributed by atoms with Crippen molar-refractivity contribution in [3.63, 3.8) is 0 Å². The Bertz CT molecular complexity index is 3450. The SMILES string of the molecule is C=C(C)C(=O)OCCCC1(COC(=O)C(=C)C)c2cc(-c3ccc4c(c3)C(C)(C)c3cc(CCOC(=O)C(=C)C)ccc3-4)ccc2-c2ccc(-c3ccc4c(c3)C(C)(C)c3cc(C(C)OC(=O)C(=C)C)ccc3-4)cc21. The van der Waals surface area contributed by atoms with E-state index in [1.54, 1.807) is 27.7 Å². The lowest BCUT2D eigenvalue weighted by molar-refractivity contribution is -0.144. The van der Waals surface area contributed by atoms with Crippen LogP contribution in [0.3, 0.4) is 0 Å². The fourth-order valence-corrected chi connectivity index (χ4v) is 11.3. The normalized spacial score (nSPS) is 16.0. The van der Waals surface area contributed by atoms with Crippen LogP contribution in [0.15, 0.2) is 158 Å². The summed E-state index contributed by atoms with van der Waals surface area (Å²) in [5, 5.41) is 0. The highest BCUT2D eigenvalue weighted by Gasteiger charge is 2.45. The van der Waals surface area contributed by atoms with Gasteiger partial charge in [-0.1, -0.05) is 139 Å². The maximum atomic E-state index is 13.5. The predicted octanol–water partition coefficient (Wildman–Crippen LogP) is 14.8. The third-order valence-electron chi connectivity index (χ3n) is 15.7. The zero-order chi connectivity index (χ0) is 53.9. The highest BCUT2D eigenvalue weighted by molar-refractivity contribution is 5.92. The van der Waals surface area contributed by atoms with Crippen molar-refractivity contribution in [1.82, 2.24) is 0 Å². The van der Waals surface area contributed by atoms with Crippen molar-refractivity contribution in [2.45, 2.75) is 104 Å². The molecule has 6 aromatic carbocycles. The van der Waals surface area contributed by atoms with Gasteiger partial charge in [0, 0.05) is 39.5 Å². The maximum absolute atomic E-state index is 13.5. The summed E-state index contributed by atoms with van der Waals surface area (Å²) in [6.45, 7) is 33.1. The van der Waals surface area contributed by atoms with Crippen LogP contribution in [-0.2, 0) is 60.8 Å². The first kappa shape index (κ1) is 52.0. The Morgan fingerprint density at radius 2 is 0.827 bits per heavy atom. The highest BCUT2D eigenvalue weighted by Crippen LogP contribution is 2.56. The molecule has 0 fully saturated rings. The smallest absolute Gasteiger partial charge is 0.333 e. The van der Waals surface area contributed by atoms with E-state index in [1.807, 2.05) is 13.0 Å². The number of benzene rings is 6. The van der Waals surface area contributed by atoms with E-state index in [1.165, 1.54) is 27.8 Å². The molecule has 8 nitrogen and oxygen atoms in total. The molecule has 75 heavy (non-hydrogen) atoms. The molecule has 0 saturated carbocycles. The van der Waals surface area contributed by atoms with Crippen molar-refractivity contribution in [2.24, 2.45) is 0 Å². The van der Waals surface area contributed by atoms with Gasteiger partial charge in [0.05, 0.1) is 18.6 Å². The number of ether oxygens (including phenoxy) is 4. The third-order valence-corrected chi connectivity index (χ3v) is 15.7. The Kier molecular flexibility index (Phi) is 13.7. The molecule has 2 atom stereocenters. The summed E-state index contributed by atoms with van der Waals surface area (Å²) in [7, 11) is 0. The molecule has 0 bridgehead atoms. The number of rotatable bonds is 17. The number of carbonyl (C=O) groups excluding carboxylic acids is 4. The standard InChI is InChI=1S/C67H66O8/c1-38(2)61(68)72-29-14-28-67(37-74-63(70)40(5)6)59-35-47(45-17-23-51-49-21-15-43(27-30-73-62(69)39(3)4)31-55(49)65(10,11)57(51)33-45)19-25-53(59)54-26-20-48(36-60(54)67)46-18-24-52-50-22-16-44(42(9)75-64(71)41(7)8)32-56(50)66(12,13)58(52)34-46/h15-26,31-36,42H,1,3,5,7,14,27-30,37H2,2,4,6,8-13H3. The lowest BCUT2D eigenvalue weighted by Gasteiger charge is -2.32. The van der Waals surface area contributed by atoms with Crippen LogP contribution in [-0.4, -0.2) is 43.7 Å². The van der Waals surface area contributed by atoms with Gasteiger partial charge >= 0.3 is 23.9 Å². The quantitative estimate of drug-likeness (QED) is 0.0385. The van der Waals surface area contributed by atoms with E-state index in [2.05, 4.69) is 157 Å². The molecule has 0 aliphatic heterocycles. The van der Waals surface area contributed by atoms with Crippen LogP contribution in [0.1, 0.15) is 126 Å². The Balaban J connectivity index is 1.10. The van der Waals surface area contributed by atoms with Gasteiger partial charge in [-0.25, -0.2) is 19.2 Å². The van der Waals surface area contributed by atoms with Gasteiger partial charge in [0.25, 0.3) is 0 Å². The maximum Gasteiger partial charge on any atom is 0.333 e. The third kappa shape index (κ3) is 9.41. The average Bonchev–Trinajstić information content (AvgIpc) is 3.96. The second-order valence-electron chi connectivity index (χ2n) is 21.9. The van der Waals surface area contributed by atoms with Crippen LogP contribution >= 0.6 is 0 Å². The Morgan fingerprint density at radius 3 is 1.29 bits per heavy atom. The zero-order valence-corrected chi connectivity index (χ0v) is 44.8.